The zero-order chi connectivity index (χ0) is 12.8. The number of hydrogen-bond donors (Lipinski definition) is 1. The zero-order valence-corrected chi connectivity index (χ0v) is 12.0. The van der Waals surface area contributed by atoms with Crippen LogP contribution in [0, 0.1) is 0 Å². The second-order valence-corrected chi connectivity index (χ2v) is 5.98. The number of thioether (sulfide) groups is 1. The minimum Gasteiger partial charge on any atom is -0.379 e. The van der Waals surface area contributed by atoms with E-state index < -0.39 is 0 Å². The van der Waals surface area contributed by atoms with Gasteiger partial charge in [0.15, 0.2) is 0 Å². The van der Waals surface area contributed by atoms with Crippen molar-refractivity contribution in [1.82, 2.24) is 10.3 Å². The summed E-state index contributed by atoms with van der Waals surface area (Å²) < 4.78 is 5.18. The van der Waals surface area contributed by atoms with Crippen LogP contribution < -0.4 is 5.32 Å². The molecule has 0 saturated carbocycles. The normalized spacial score (nSPS) is 17.4. The molecule has 1 aromatic rings. The van der Waals surface area contributed by atoms with E-state index in [2.05, 4.69) is 36.3 Å². The molecule has 0 amide bonds. The number of ether oxygens (including phenoxy) is 1. The fourth-order valence-corrected chi connectivity index (χ4v) is 2.89. The molecule has 0 bridgehead atoms. The van der Waals surface area contributed by atoms with E-state index in [1.54, 1.807) is 0 Å². The topological polar surface area (TPSA) is 34.1 Å². The van der Waals surface area contributed by atoms with Crippen LogP contribution in [-0.4, -0.2) is 30.0 Å². The summed E-state index contributed by atoms with van der Waals surface area (Å²) in [5, 5.41) is 4.15. The van der Waals surface area contributed by atoms with Crippen LogP contribution in [0.2, 0.25) is 0 Å². The molecule has 2 heterocycles. The number of nitrogens with one attached hydrogen (secondary N) is 1. The molecule has 1 unspecified atom stereocenters. The molecule has 3 nitrogen and oxygen atoms in total. The Hall–Kier alpha value is -0.580. The lowest BCUT2D eigenvalue weighted by atomic mass is 10.1. The maximum atomic E-state index is 5.18. The number of aromatic nitrogens is 1. The van der Waals surface area contributed by atoms with Crippen LogP contribution in [0.25, 0.3) is 0 Å². The molecule has 1 atom stereocenters. The maximum absolute atomic E-state index is 5.18. The highest BCUT2D eigenvalue weighted by atomic mass is 32.2. The standard InChI is InChI=1S/C14H22N2OS/c1-3-7-15-13(4-2)14-6-5-11(8-16-14)18-12-9-17-10-12/h5-6,8,12-13,15H,3-4,7,9-10H2,1-2H3. The smallest absolute Gasteiger partial charge is 0.0611 e. The third-order valence-corrected chi connectivity index (χ3v) is 4.19. The SMILES string of the molecule is CCCNC(CC)c1ccc(SC2COC2)cn1. The van der Waals surface area contributed by atoms with Gasteiger partial charge in [0, 0.05) is 17.1 Å². The van der Waals surface area contributed by atoms with Gasteiger partial charge in [0.05, 0.1) is 24.2 Å². The van der Waals surface area contributed by atoms with Crippen molar-refractivity contribution < 1.29 is 4.74 Å². The van der Waals surface area contributed by atoms with E-state index in [0.29, 0.717) is 11.3 Å². The van der Waals surface area contributed by atoms with Gasteiger partial charge in [-0.3, -0.25) is 4.98 Å². The molecule has 0 radical (unpaired) electrons. The van der Waals surface area contributed by atoms with Gasteiger partial charge in [-0.25, -0.2) is 0 Å². The first-order valence-corrected chi connectivity index (χ1v) is 7.65. The lowest BCUT2D eigenvalue weighted by Crippen LogP contribution is -2.30. The molecular weight excluding hydrogens is 244 g/mol. The van der Waals surface area contributed by atoms with Crippen LogP contribution in [0.3, 0.4) is 0 Å². The van der Waals surface area contributed by atoms with Gasteiger partial charge in [0.25, 0.3) is 0 Å². The van der Waals surface area contributed by atoms with E-state index in [9.17, 15) is 0 Å². The molecule has 1 aliphatic heterocycles. The molecule has 0 aromatic carbocycles. The van der Waals surface area contributed by atoms with Gasteiger partial charge >= 0.3 is 0 Å². The van der Waals surface area contributed by atoms with Crippen LogP contribution in [0.4, 0.5) is 0 Å². The van der Waals surface area contributed by atoms with Crippen molar-refractivity contribution >= 4 is 11.8 Å². The fourth-order valence-electron chi connectivity index (χ4n) is 1.92. The number of hydrogen-bond acceptors (Lipinski definition) is 4. The fraction of sp³-hybridized carbons (Fsp3) is 0.643. The molecular formula is C14H22N2OS. The van der Waals surface area contributed by atoms with Gasteiger partial charge < -0.3 is 10.1 Å². The van der Waals surface area contributed by atoms with E-state index in [4.69, 9.17) is 4.74 Å². The summed E-state index contributed by atoms with van der Waals surface area (Å²) in [6.07, 6.45) is 4.23. The van der Waals surface area contributed by atoms with Crippen molar-refractivity contribution in [3.05, 3.63) is 24.0 Å². The quantitative estimate of drug-likeness (QED) is 0.822. The molecule has 18 heavy (non-hydrogen) atoms. The van der Waals surface area contributed by atoms with Crippen LogP contribution in [0.15, 0.2) is 23.2 Å². The monoisotopic (exact) mass is 266 g/mol. The largest absolute Gasteiger partial charge is 0.379 e. The Labute approximate surface area is 114 Å². The van der Waals surface area contributed by atoms with E-state index >= 15 is 0 Å². The molecule has 1 aliphatic rings. The van der Waals surface area contributed by atoms with Crippen molar-refractivity contribution in [3.8, 4) is 0 Å². The zero-order valence-electron chi connectivity index (χ0n) is 11.2. The highest BCUT2D eigenvalue weighted by molar-refractivity contribution is 8.00. The predicted octanol–water partition coefficient (Wildman–Crippen LogP) is 3.02. The minimum atomic E-state index is 0.385. The summed E-state index contributed by atoms with van der Waals surface area (Å²) in [6.45, 7) is 7.19. The molecule has 100 valence electrons. The van der Waals surface area contributed by atoms with E-state index in [-0.39, 0.29) is 0 Å². The van der Waals surface area contributed by atoms with Crippen molar-refractivity contribution in [1.29, 1.82) is 0 Å². The first-order chi connectivity index (χ1) is 8.83. The maximum Gasteiger partial charge on any atom is 0.0611 e. The Balaban J connectivity index is 1.91. The van der Waals surface area contributed by atoms with Gasteiger partial charge in [-0.1, -0.05) is 13.8 Å². The predicted molar refractivity (Wildman–Crippen MR) is 76.0 cm³/mol. The first kappa shape index (κ1) is 13.8. The Kier molecular flexibility index (Phi) is 5.47. The van der Waals surface area contributed by atoms with Gasteiger partial charge in [0.1, 0.15) is 0 Å². The van der Waals surface area contributed by atoms with E-state index in [0.717, 1.165) is 38.3 Å². The molecule has 1 N–H and O–H groups in total. The number of nitrogens with zero attached hydrogens (tertiary/aromatic N) is 1. The summed E-state index contributed by atoms with van der Waals surface area (Å²) in [4.78, 5) is 5.84. The lowest BCUT2D eigenvalue weighted by Gasteiger charge is -2.25. The van der Waals surface area contributed by atoms with Crippen LogP contribution >= 0.6 is 11.8 Å². The van der Waals surface area contributed by atoms with Crippen molar-refractivity contribution in [2.75, 3.05) is 19.8 Å². The summed E-state index contributed by atoms with van der Waals surface area (Å²) in [5.74, 6) is 0. The molecule has 4 heteroatoms. The molecule has 1 fully saturated rings. The van der Waals surface area contributed by atoms with Crippen LogP contribution in [0.1, 0.15) is 38.4 Å². The Morgan fingerprint density at radius 1 is 1.44 bits per heavy atom. The van der Waals surface area contributed by atoms with Gasteiger partial charge in [-0.05, 0) is 31.5 Å². The summed E-state index contributed by atoms with van der Waals surface area (Å²) in [6, 6.07) is 4.72. The van der Waals surface area contributed by atoms with Crippen molar-refractivity contribution in [2.45, 2.75) is 42.9 Å². The van der Waals surface area contributed by atoms with Crippen molar-refractivity contribution in [2.24, 2.45) is 0 Å². The highest BCUT2D eigenvalue weighted by Gasteiger charge is 2.19. The second kappa shape index (κ2) is 7.12. The van der Waals surface area contributed by atoms with Gasteiger partial charge in [-0.15, -0.1) is 11.8 Å². The molecule has 0 aliphatic carbocycles. The Morgan fingerprint density at radius 2 is 2.28 bits per heavy atom. The minimum absolute atomic E-state index is 0.385. The third kappa shape index (κ3) is 3.70. The number of pyridine rings is 1. The molecule has 0 spiro atoms. The third-order valence-electron chi connectivity index (χ3n) is 3.08. The average Bonchev–Trinajstić information content (AvgIpc) is 2.36. The summed E-state index contributed by atoms with van der Waals surface area (Å²) in [5.41, 5.74) is 1.15. The second-order valence-electron chi connectivity index (χ2n) is 4.61. The molecule has 1 saturated heterocycles. The first-order valence-electron chi connectivity index (χ1n) is 6.77. The van der Waals surface area contributed by atoms with Crippen LogP contribution in [0.5, 0.6) is 0 Å². The molecule has 1 aromatic heterocycles. The van der Waals surface area contributed by atoms with Gasteiger partial charge in [-0.2, -0.15) is 0 Å². The Bertz CT molecular complexity index is 351. The van der Waals surface area contributed by atoms with Crippen LogP contribution in [-0.2, 0) is 4.74 Å². The van der Waals surface area contributed by atoms with Crippen molar-refractivity contribution in [3.63, 3.8) is 0 Å². The summed E-state index contributed by atoms with van der Waals surface area (Å²) >= 11 is 1.87. The van der Waals surface area contributed by atoms with E-state index in [1.807, 2.05) is 18.0 Å². The van der Waals surface area contributed by atoms with E-state index in [1.165, 1.54) is 4.90 Å². The van der Waals surface area contributed by atoms with Gasteiger partial charge in [0.2, 0.25) is 0 Å². The molecule has 2 rings (SSSR count). The lowest BCUT2D eigenvalue weighted by molar-refractivity contribution is 0.0455. The average molecular weight is 266 g/mol. The number of rotatable bonds is 7. The highest BCUT2D eigenvalue weighted by Crippen LogP contribution is 2.28. The Morgan fingerprint density at radius 3 is 2.78 bits per heavy atom. The summed E-state index contributed by atoms with van der Waals surface area (Å²) in [7, 11) is 0.